The summed E-state index contributed by atoms with van der Waals surface area (Å²) in [4.78, 5) is 30.7. The summed E-state index contributed by atoms with van der Waals surface area (Å²) in [5, 5.41) is 13.5. The van der Waals surface area contributed by atoms with E-state index in [-0.39, 0.29) is 18.7 Å². The molecule has 3 aromatic rings. The van der Waals surface area contributed by atoms with Gasteiger partial charge in [0.15, 0.2) is 0 Å². The summed E-state index contributed by atoms with van der Waals surface area (Å²) in [6, 6.07) is 15.8. The van der Waals surface area contributed by atoms with Crippen LogP contribution in [0.4, 0.5) is 0 Å². The van der Waals surface area contributed by atoms with Gasteiger partial charge in [0.25, 0.3) is 5.56 Å². The van der Waals surface area contributed by atoms with Crippen molar-refractivity contribution in [1.29, 1.82) is 0 Å². The van der Waals surface area contributed by atoms with Gasteiger partial charge in [-0.1, -0.05) is 36.1 Å². The molecule has 186 valence electrons. The molecule has 1 aliphatic rings. The minimum Gasteiger partial charge on any atom is -0.502 e. The van der Waals surface area contributed by atoms with Crippen molar-refractivity contribution in [3.05, 3.63) is 93.2 Å². The molecular formula is C28H29N3O5. The van der Waals surface area contributed by atoms with Crippen molar-refractivity contribution in [3.8, 4) is 17.6 Å². The smallest absolute Gasteiger partial charge is 0.313 e. The number of nitrogens with one attached hydrogen (secondary N) is 2. The first-order chi connectivity index (χ1) is 17.5. The van der Waals surface area contributed by atoms with E-state index in [2.05, 4.69) is 39.3 Å². The molecule has 0 amide bonds. The maximum atomic E-state index is 12.6. The largest absolute Gasteiger partial charge is 0.502 e. The first-order valence-corrected chi connectivity index (χ1v) is 12.0. The third-order valence-corrected chi connectivity index (χ3v) is 6.02. The van der Waals surface area contributed by atoms with Gasteiger partial charge in [0.05, 0.1) is 31.2 Å². The maximum Gasteiger partial charge on any atom is 0.313 e. The van der Waals surface area contributed by atoms with Crippen LogP contribution < -0.4 is 10.9 Å². The molecule has 1 saturated heterocycles. The van der Waals surface area contributed by atoms with Gasteiger partial charge in [-0.3, -0.25) is 9.59 Å². The van der Waals surface area contributed by atoms with E-state index in [4.69, 9.17) is 9.47 Å². The number of esters is 1. The van der Waals surface area contributed by atoms with Gasteiger partial charge < -0.3 is 24.9 Å². The summed E-state index contributed by atoms with van der Waals surface area (Å²) in [5.41, 5.74) is 3.07. The van der Waals surface area contributed by atoms with Crippen LogP contribution in [-0.2, 0) is 27.2 Å². The van der Waals surface area contributed by atoms with Gasteiger partial charge in [-0.05, 0) is 48.7 Å². The Kier molecular flexibility index (Phi) is 8.50. The predicted octanol–water partition coefficient (Wildman–Crippen LogP) is 2.64. The molecule has 0 radical (unpaired) electrons. The van der Waals surface area contributed by atoms with Gasteiger partial charge in [-0.2, -0.15) is 0 Å². The van der Waals surface area contributed by atoms with Gasteiger partial charge >= 0.3 is 5.97 Å². The van der Waals surface area contributed by atoms with Gasteiger partial charge in [0.2, 0.25) is 5.75 Å². The average Bonchev–Trinajstić information content (AvgIpc) is 3.42. The lowest BCUT2D eigenvalue weighted by Crippen LogP contribution is -2.28. The lowest BCUT2D eigenvalue weighted by molar-refractivity contribution is -0.145. The fraction of sp³-hybridized carbons (Fsp3) is 0.321. The number of carbonyl (C=O) groups is 1. The average molecular weight is 488 g/mol. The lowest BCUT2D eigenvalue weighted by atomic mass is 9.93. The van der Waals surface area contributed by atoms with Crippen molar-refractivity contribution in [1.82, 2.24) is 15.3 Å². The van der Waals surface area contributed by atoms with Crippen molar-refractivity contribution in [2.24, 2.45) is 0 Å². The molecular weight excluding hydrogens is 458 g/mol. The number of ether oxygens (including phenoxy) is 2. The minimum absolute atomic E-state index is 0.0363. The molecule has 36 heavy (non-hydrogen) atoms. The van der Waals surface area contributed by atoms with E-state index in [1.807, 2.05) is 24.3 Å². The van der Waals surface area contributed by atoms with Crippen molar-refractivity contribution in [2.75, 3.05) is 19.8 Å². The highest BCUT2D eigenvalue weighted by Gasteiger charge is 2.25. The molecule has 0 aliphatic carbocycles. The molecule has 3 N–H and O–H groups in total. The molecule has 2 atom stereocenters. The van der Waals surface area contributed by atoms with E-state index < -0.39 is 23.2 Å². The molecule has 2 heterocycles. The van der Waals surface area contributed by atoms with Gasteiger partial charge in [0.1, 0.15) is 0 Å². The molecule has 8 nitrogen and oxygen atoms in total. The van der Waals surface area contributed by atoms with Crippen LogP contribution in [0.15, 0.2) is 59.7 Å². The van der Waals surface area contributed by atoms with E-state index in [0.29, 0.717) is 11.6 Å². The highest BCUT2D eigenvalue weighted by Crippen LogP contribution is 2.24. The van der Waals surface area contributed by atoms with Crippen LogP contribution in [0.25, 0.3) is 0 Å². The Balaban J connectivity index is 1.43. The van der Waals surface area contributed by atoms with Crippen molar-refractivity contribution in [3.63, 3.8) is 0 Å². The summed E-state index contributed by atoms with van der Waals surface area (Å²) in [7, 11) is 0. The first kappa shape index (κ1) is 25.2. The normalized spacial score (nSPS) is 15.6. The summed E-state index contributed by atoms with van der Waals surface area (Å²) >= 11 is 0. The predicted molar refractivity (Wildman–Crippen MR) is 135 cm³/mol. The third-order valence-electron chi connectivity index (χ3n) is 6.02. The number of nitrogens with zero attached hydrogens (tertiary/aromatic N) is 1. The van der Waals surface area contributed by atoms with Crippen LogP contribution in [0, 0.1) is 11.8 Å². The van der Waals surface area contributed by atoms with E-state index in [9.17, 15) is 14.7 Å². The molecule has 1 aromatic heterocycles. The number of aromatic amines is 1. The third kappa shape index (κ3) is 6.60. The van der Waals surface area contributed by atoms with Gasteiger partial charge in [0, 0.05) is 36.7 Å². The molecule has 4 rings (SSSR count). The van der Waals surface area contributed by atoms with E-state index >= 15 is 0 Å². The van der Waals surface area contributed by atoms with E-state index in [0.717, 1.165) is 37.3 Å². The number of aromatic nitrogens is 2. The fourth-order valence-corrected chi connectivity index (χ4v) is 3.96. The van der Waals surface area contributed by atoms with Crippen LogP contribution in [-0.4, -0.2) is 46.9 Å². The highest BCUT2D eigenvalue weighted by molar-refractivity contribution is 5.78. The molecule has 2 aromatic carbocycles. The minimum atomic E-state index is -0.718. The second-order valence-corrected chi connectivity index (χ2v) is 8.55. The molecule has 1 aliphatic heterocycles. The Hall–Kier alpha value is -3.93. The van der Waals surface area contributed by atoms with E-state index in [1.165, 1.54) is 11.9 Å². The van der Waals surface area contributed by atoms with Crippen LogP contribution in [0.2, 0.25) is 0 Å². The van der Waals surface area contributed by atoms with E-state index in [1.54, 1.807) is 19.1 Å². The van der Waals surface area contributed by atoms with Crippen molar-refractivity contribution in [2.45, 2.75) is 38.3 Å². The van der Waals surface area contributed by atoms with Crippen LogP contribution >= 0.6 is 0 Å². The van der Waals surface area contributed by atoms with Crippen LogP contribution in [0.1, 0.15) is 47.2 Å². The SMILES string of the molecule is CCOC(=O)C(Cc1nc[nH]c(=O)c1O)c1ccc(C#Cc2ccc(CNC3CCOC3)cc2)cc1. The Labute approximate surface area is 209 Å². The number of rotatable bonds is 8. The van der Waals surface area contributed by atoms with Crippen LogP contribution in [0.5, 0.6) is 5.75 Å². The van der Waals surface area contributed by atoms with Gasteiger partial charge in [-0.25, -0.2) is 4.98 Å². The van der Waals surface area contributed by atoms with Crippen molar-refractivity contribution < 1.29 is 19.4 Å². The Morgan fingerprint density at radius 1 is 1.19 bits per heavy atom. The fourth-order valence-electron chi connectivity index (χ4n) is 3.96. The Morgan fingerprint density at radius 2 is 1.89 bits per heavy atom. The first-order valence-electron chi connectivity index (χ1n) is 12.0. The highest BCUT2D eigenvalue weighted by atomic mass is 16.5. The quantitative estimate of drug-likeness (QED) is 0.331. The molecule has 0 saturated carbocycles. The monoisotopic (exact) mass is 487 g/mol. The summed E-state index contributed by atoms with van der Waals surface area (Å²) in [6.07, 6.45) is 2.29. The summed E-state index contributed by atoms with van der Waals surface area (Å²) < 4.78 is 10.6. The zero-order valence-electron chi connectivity index (χ0n) is 20.1. The zero-order valence-corrected chi connectivity index (χ0v) is 20.1. The topological polar surface area (TPSA) is 114 Å². The number of hydrogen-bond donors (Lipinski definition) is 3. The standard InChI is InChI=1S/C28H29N3O5/c1-2-36-28(34)24(15-25-26(32)27(33)31-18-30-25)22-11-9-20(10-12-22)4-3-19-5-7-21(8-6-19)16-29-23-13-14-35-17-23/h5-12,18,23-24,29,32H,2,13-17H2,1H3,(H,30,31,33). The molecule has 1 fully saturated rings. The summed E-state index contributed by atoms with van der Waals surface area (Å²) in [5.74, 6) is 4.65. The molecule has 2 unspecified atom stereocenters. The second-order valence-electron chi connectivity index (χ2n) is 8.55. The number of hydrogen-bond acceptors (Lipinski definition) is 7. The Bertz CT molecular complexity index is 1280. The lowest BCUT2D eigenvalue weighted by Gasteiger charge is -2.16. The molecule has 0 bridgehead atoms. The second kappa shape index (κ2) is 12.2. The molecule has 8 heteroatoms. The number of carbonyl (C=O) groups excluding carboxylic acids is 1. The zero-order chi connectivity index (χ0) is 25.3. The summed E-state index contributed by atoms with van der Waals surface area (Å²) in [6.45, 7) is 4.34. The number of aromatic hydroxyl groups is 1. The Morgan fingerprint density at radius 3 is 2.53 bits per heavy atom. The molecule has 0 spiro atoms. The van der Waals surface area contributed by atoms with Crippen molar-refractivity contribution >= 4 is 5.97 Å². The van der Waals surface area contributed by atoms with Crippen LogP contribution in [0.3, 0.4) is 0 Å². The maximum absolute atomic E-state index is 12.6. The number of benzene rings is 2. The van der Waals surface area contributed by atoms with Gasteiger partial charge in [-0.15, -0.1) is 0 Å². The number of H-pyrrole nitrogens is 1.